The molecule has 0 aliphatic carbocycles. The lowest BCUT2D eigenvalue weighted by atomic mass is 10.0. The van der Waals surface area contributed by atoms with Crippen molar-refractivity contribution in [2.75, 3.05) is 39.3 Å². The number of phenolic OH excluding ortho intramolecular Hbond substituents is 1. The van der Waals surface area contributed by atoms with Gasteiger partial charge >= 0.3 is 0 Å². The molecule has 3 aromatic rings. The average Bonchev–Trinajstić information content (AvgIpc) is 3.30. The molecule has 0 bridgehead atoms. The van der Waals surface area contributed by atoms with Crippen LogP contribution in [0.15, 0.2) is 76.7 Å². The van der Waals surface area contributed by atoms with Crippen molar-refractivity contribution < 1.29 is 33.9 Å². The van der Waals surface area contributed by atoms with E-state index in [1.807, 2.05) is 42.5 Å². The first kappa shape index (κ1) is 52.7. The van der Waals surface area contributed by atoms with Crippen LogP contribution in [0.3, 0.4) is 0 Å². The number of aromatic hydroxyl groups is 1. The maximum atomic E-state index is 14.7. The Labute approximate surface area is 392 Å². The van der Waals surface area contributed by atoms with Crippen molar-refractivity contribution in [2.45, 2.75) is 115 Å². The molecule has 0 unspecified atom stereocenters. The molecule has 0 spiro atoms. The van der Waals surface area contributed by atoms with Crippen molar-refractivity contribution in [3.05, 3.63) is 77.9 Å². The van der Waals surface area contributed by atoms with Crippen LogP contribution < -0.4 is 49.1 Å². The summed E-state index contributed by atoms with van der Waals surface area (Å²) in [7, 11) is 0. The molecule has 1 aliphatic heterocycles. The first-order valence-electron chi connectivity index (χ1n) is 23.3. The highest BCUT2D eigenvalue weighted by Crippen LogP contribution is 2.18. The molecule has 364 valence electrons. The lowest BCUT2D eigenvalue weighted by Gasteiger charge is -2.33. The monoisotopic (exact) mass is 927 g/mol. The van der Waals surface area contributed by atoms with Crippen molar-refractivity contribution in [3.63, 3.8) is 0 Å². The van der Waals surface area contributed by atoms with Gasteiger partial charge in [-0.1, -0.05) is 80.3 Å². The summed E-state index contributed by atoms with van der Waals surface area (Å²) >= 11 is 0. The lowest BCUT2D eigenvalue weighted by molar-refractivity contribution is -0.143. The number of phenols is 1. The van der Waals surface area contributed by atoms with Crippen molar-refractivity contribution in [1.29, 1.82) is 0 Å². The van der Waals surface area contributed by atoms with Crippen LogP contribution in [0.1, 0.15) is 89.2 Å². The maximum absolute atomic E-state index is 14.7. The molecule has 1 aliphatic rings. The van der Waals surface area contributed by atoms with E-state index in [1.165, 1.54) is 24.0 Å². The number of nitrogens with one attached hydrogen (secondary N) is 6. The third-order valence-corrected chi connectivity index (χ3v) is 11.4. The zero-order valence-electron chi connectivity index (χ0n) is 38.9. The van der Waals surface area contributed by atoms with E-state index in [4.69, 9.17) is 17.2 Å². The van der Waals surface area contributed by atoms with Crippen molar-refractivity contribution >= 4 is 58.1 Å². The van der Waals surface area contributed by atoms with Crippen LogP contribution in [-0.4, -0.2) is 121 Å². The lowest BCUT2D eigenvalue weighted by Crippen LogP contribution is -2.58. The van der Waals surface area contributed by atoms with E-state index in [0.29, 0.717) is 50.4 Å². The van der Waals surface area contributed by atoms with Gasteiger partial charge in [-0.05, 0) is 79.5 Å². The van der Waals surface area contributed by atoms with Gasteiger partial charge in [0.05, 0.1) is 6.54 Å². The van der Waals surface area contributed by atoms with E-state index in [0.717, 1.165) is 54.9 Å². The fourth-order valence-electron chi connectivity index (χ4n) is 7.68. The Hall–Kier alpha value is -6.92. The highest BCUT2D eigenvalue weighted by Gasteiger charge is 2.35. The molecular formula is C48H70N12O7. The normalized spacial score (nSPS) is 18.7. The van der Waals surface area contributed by atoms with E-state index < -0.39 is 60.2 Å². The Morgan fingerprint density at radius 3 is 2.03 bits per heavy atom. The molecule has 6 amide bonds. The Balaban J connectivity index is 1.50. The second-order valence-electron chi connectivity index (χ2n) is 16.9. The molecule has 4 atom stereocenters. The highest BCUT2D eigenvalue weighted by atomic mass is 16.3. The minimum atomic E-state index is -1.16. The quantitative estimate of drug-likeness (QED) is 0.0390. The number of carbonyl (C=O) groups excluding carboxylic acids is 6. The smallest absolute Gasteiger partial charge is 0.246 e. The minimum Gasteiger partial charge on any atom is -0.508 e. The second kappa shape index (κ2) is 28.2. The molecule has 1 fully saturated rings. The van der Waals surface area contributed by atoms with Gasteiger partial charge in [0, 0.05) is 52.5 Å². The van der Waals surface area contributed by atoms with Crippen molar-refractivity contribution in [2.24, 2.45) is 27.2 Å². The molecule has 3 aromatic carbocycles. The predicted molar refractivity (Wildman–Crippen MR) is 259 cm³/mol. The summed E-state index contributed by atoms with van der Waals surface area (Å²) in [4.78, 5) is 91.4. The van der Waals surface area contributed by atoms with Gasteiger partial charge in [0.2, 0.25) is 35.4 Å². The summed E-state index contributed by atoms with van der Waals surface area (Å²) < 4.78 is 0. The Morgan fingerprint density at radius 2 is 1.31 bits per heavy atom. The molecule has 19 heteroatoms. The summed E-state index contributed by atoms with van der Waals surface area (Å²) in [6, 6.07) is 15.1. The van der Waals surface area contributed by atoms with Gasteiger partial charge in [-0.15, -0.1) is 0 Å². The number of nitrogens with zero attached hydrogens (tertiary/aromatic N) is 3. The van der Waals surface area contributed by atoms with Crippen LogP contribution in [-0.2, 0) is 41.6 Å². The number of hydrogen-bond donors (Lipinski definition) is 10. The van der Waals surface area contributed by atoms with Crippen LogP contribution in [0.25, 0.3) is 10.8 Å². The van der Waals surface area contributed by atoms with Gasteiger partial charge in [-0.2, -0.15) is 0 Å². The van der Waals surface area contributed by atoms with Gasteiger partial charge in [-0.3, -0.25) is 38.8 Å². The van der Waals surface area contributed by atoms with Crippen LogP contribution in [0.4, 0.5) is 0 Å². The summed E-state index contributed by atoms with van der Waals surface area (Å²) in [5.74, 6) is -2.83. The summed E-state index contributed by atoms with van der Waals surface area (Å²) in [5.41, 5.74) is 18.5. The number of fused-ring (bicyclic) bond motifs is 1. The number of guanidine groups is 2. The molecule has 0 aromatic heterocycles. The molecule has 13 N–H and O–H groups in total. The van der Waals surface area contributed by atoms with Gasteiger partial charge in [0.1, 0.15) is 29.9 Å². The van der Waals surface area contributed by atoms with Crippen LogP contribution in [0, 0.1) is 0 Å². The summed E-state index contributed by atoms with van der Waals surface area (Å²) in [5, 5.41) is 28.9. The topological polar surface area (TPSA) is 301 Å². The van der Waals surface area contributed by atoms with Gasteiger partial charge < -0.3 is 59.1 Å². The number of aliphatic imine (C=N–C) groups is 2. The zero-order valence-corrected chi connectivity index (χ0v) is 38.9. The Bertz CT molecular complexity index is 2160. The zero-order chi connectivity index (χ0) is 48.6. The van der Waals surface area contributed by atoms with Crippen molar-refractivity contribution in [1.82, 2.24) is 36.8 Å². The van der Waals surface area contributed by atoms with E-state index in [-0.39, 0.29) is 50.0 Å². The van der Waals surface area contributed by atoms with E-state index in [1.54, 1.807) is 19.1 Å². The fraction of sp³-hybridized carbons (Fsp3) is 0.500. The van der Waals surface area contributed by atoms with E-state index in [2.05, 4.69) is 41.9 Å². The number of nitrogens with two attached hydrogens (primary N) is 3. The van der Waals surface area contributed by atoms with E-state index in [9.17, 15) is 33.9 Å². The first-order chi connectivity index (χ1) is 32.2. The average molecular weight is 927 g/mol. The van der Waals surface area contributed by atoms with Crippen LogP contribution >= 0.6 is 0 Å². The third kappa shape index (κ3) is 19.2. The molecular weight excluding hydrogens is 857 g/mol. The van der Waals surface area contributed by atoms with Crippen LogP contribution in [0.5, 0.6) is 5.75 Å². The number of unbranched alkanes of at least 4 members (excludes halogenated alkanes) is 6. The first-order valence-corrected chi connectivity index (χ1v) is 23.3. The fourth-order valence-corrected chi connectivity index (χ4v) is 7.68. The summed E-state index contributed by atoms with van der Waals surface area (Å²) in [6.07, 6.45) is 7.07. The molecule has 1 heterocycles. The van der Waals surface area contributed by atoms with Crippen molar-refractivity contribution in [3.8, 4) is 5.75 Å². The van der Waals surface area contributed by atoms with Gasteiger partial charge in [0.25, 0.3) is 0 Å². The number of carbonyl (C=O) groups is 6. The largest absolute Gasteiger partial charge is 0.508 e. The van der Waals surface area contributed by atoms with Gasteiger partial charge in [0.15, 0.2) is 11.9 Å². The van der Waals surface area contributed by atoms with E-state index >= 15 is 0 Å². The number of benzene rings is 3. The highest BCUT2D eigenvalue weighted by molar-refractivity contribution is 5.97. The second-order valence-corrected chi connectivity index (χ2v) is 16.9. The molecule has 4 rings (SSSR count). The standard InChI is InChI=1S/C48H70N12O7/c1-32-43(64)58-39(16-13-26-53-47(49)50)45(66)59-40(30-35-17-20-36-14-7-8-15-37(36)28-35)44(65)56-31-42(63)57-41(29-34-18-21-38(62)22-19-34)46(67)60(32)27-12-6-5-11-25-55-48(51)54-24-10-4-3-9-23-52-33(2)61/h7-8,14-15,17-22,28,32,39-41,62H,3-6,9-13,16,23-27,29-31H2,1-2H3,(H,52,61)(H,56,65)(H,57,63)(H,58,64)(H,59,66)(H4,49,50,53)(H3,51,54,55)/t32-,39+,40+,41-/m1/s1. The summed E-state index contributed by atoms with van der Waals surface area (Å²) in [6.45, 7) is 4.79. The maximum Gasteiger partial charge on any atom is 0.246 e. The number of amides is 6. The van der Waals surface area contributed by atoms with Crippen LogP contribution in [0.2, 0.25) is 0 Å². The molecule has 19 nitrogen and oxygen atoms in total. The third-order valence-electron chi connectivity index (χ3n) is 11.4. The Morgan fingerprint density at radius 1 is 0.687 bits per heavy atom. The molecule has 67 heavy (non-hydrogen) atoms. The minimum absolute atomic E-state index is 0.0228. The molecule has 1 saturated heterocycles. The molecule has 0 radical (unpaired) electrons. The van der Waals surface area contributed by atoms with Gasteiger partial charge in [-0.25, -0.2) is 0 Å². The number of rotatable bonds is 22. The Kier molecular flexibility index (Phi) is 22.2. The SMILES string of the molecule is CC(=O)NCCCCCCN=C(N)NCCCCCCN1C(=O)[C@@H](Cc2ccc(O)cc2)NC(=O)CNC(=O)[C@H](Cc2ccc3ccccc3c2)NC(=O)[C@H](CCCN=C(N)N)NC(=O)[C@H]1C. The predicted octanol–water partition coefficient (Wildman–Crippen LogP) is 1.35. The molecule has 0 saturated carbocycles. The number of hydrogen-bond acceptors (Lipinski definition) is 9.